The van der Waals surface area contributed by atoms with Gasteiger partial charge in [-0.2, -0.15) is 22.8 Å². The molecule has 0 radical (unpaired) electrons. The number of alkyl halides is 3. The van der Waals surface area contributed by atoms with Crippen molar-refractivity contribution in [2.75, 3.05) is 25.6 Å². The molecule has 18 heteroatoms. The SMILES string of the molecule is CCOC(=O)c1scnc1-n1nc(C(Nc2ccc(-c3noc(C(F)(F)F)n3)cc2)c2cc(OC)c3c(c2F)CCCO3)[nH]c1=O. The van der Waals surface area contributed by atoms with Gasteiger partial charge in [-0.1, -0.05) is 5.16 Å². The highest BCUT2D eigenvalue weighted by molar-refractivity contribution is 7.12. The van der Waals surface area contributed by atoms with Gasteiger partial charge >= 0.3 is 23.7 Å². The summed E-state index contributed by atoms with van der Waals surface area (Å²) in [6.07, 6.45) is -3.88. The summed E-state index contributed by atoms with van der Waals surface area (Å²) in [4.78, 5) is 35.8. The van der Waals surface area contributed by atoms with E-state index in [9.17, 15) is 22.8 Å². The van der Waals surface area contributed by atoms with Crippen LogP contribution in [0.2, 0.25) is 0 Å². The fraction of sp³-hybridized carbons (Fsp3) is 0.286. The van der Waals surface area contributed by atoms with E-state index in [1.807, 2.05) is 0 Å². The molecule has 0 saturated carbocycles. The molecule has 6 rings (SSSR count). The summed E-state index contributed by atoms with van der Waals surface area (Å²) >= 11 is 0.958. The number of esters is 1. The van der Waals surface area contributed by atoms with Crippen molar-refractivity contribution >= 4 is 23.0 Å². The van der Waals surface area contributed by atoms with Crippen LogP contribution in [-0.4, -0.2) is 56.2 Å². The normalized spacial score (nSPS) is 13.5. The van der Waals surface area contributed by atoms with E-state index in [4.69, 9.17) is 14.2 Å². The Morgan fingerprint density at radius 1 is 1.26 bits per heavy atom. The van der Waals surface area contributed by atoms with Crippen LogP contribution in [0.1, 0.15) is 51.9 Å². The average Bonchev–Trinajstić information content (AvgIpc) is 3.81. The van der Waals surface area contributed by atoms with Gasteiger partial charge in [-0.05, 0) is 50.1 Å². The zero-order valence-electron chi connectivity index (χ0n) is 24.0. The number of H-pyrrole nitrogens is 1. The molecule has 0 spiro atoms. The number of benzene rings is 2. The standard InChI is InChI=1S/C28H23F4N7O6S/c1-3-43-25(40)21-24(33-12-46-21)39-27(41)36-23(37-39)19(16-11-17(42-2)20-15(18(16)29)5-4-10-44-20)34-14-8-6-13(7-9-14)22-35-26(45-38-22)28(30,31)32/h6-9,11-12,19,34H,3-5,10H2,1-2H3,(H,36,37,41). The first-order chi connectivity index (χ1) is 22.1. The van der Waals surface area contributed by atoms with Gasteiger partial charge in [0.25, 0.3) is 0 Å². The predicted octanol–water partition coefficient (Wildman–Crippen LogP) is 4.94. The van der Waals surface area contributed by atoms with E-state index in [0.717, 1.165) is 16.0 Å². The summed E-state index contributed by atoms with van der Waals surface area (Å²) in [5, 5.41) is 10.9. The van der Waals surface area contributed by atoms with E-state index >= 15 is 4.39 Å². The number of ether oxygens (including phenoxy) is 3. The van der Waals surface area contributed by atoms with Crippen molar-refractivity contribution < 1.29 is 41.1 Å². The first-order valence-corrected chi connectivity index (χ1v) is 14.6. The van der Waals surface area contributed by atoms with Crippen molar-refractivity contribution in [1.82, 2.24) is 29.9 Å². The molecule has 1 atom stereocenters. The molecule has 2 N–H and O–H groups in total. The Hall–Kier alpha value is -5.26. The molecule has 0 bridgehead atoms. The van der Waals surface area contributed by atoms with E-state index in [0.29, 0.717) is 25.1 Å². The minimum absolute atomic E-state index is 0.0380. The molecule has 46 heavy (non-hydrogen) atoms. The maximum absolute atomic E-state index is 16.2. The highest BCUT2D eigenvalue weighted by Gasteiger charge is 2.38. The van der Waals surface area contributed by atoms with Crippen molar-refractivity contribution in [3.8, 4) is 28.7 Å². The lowest BCUT2D eigenvalue weighted by molar-refractivity contribution is -0.159. The van der Waals surface area contributed by atoms with Crippen LogP contribution in [0.3, 0.4) is 0 Å². The second-order valence-electron chi connectivity index (χ2n) is 9.77. The lowest BCUT2D eigenvalue weighted by atomic mass is 9.96. The van der Waals surface area contributed by atoms with Crippen LogP contribution in [0.4, 0.5) is 23.2 Å². The largest absolute Gasteiger partial charge is 0.493 e. The number of hydrogen-bond acceptors (Lipinski definition) is 12. The van der Waals surface area contributed by atoms with Crippen molar-refractivity contribution in [2.24, 2.45) is 0 Å². The number of methoxy groups -OCH3 is 1. The summed E-state index contributed by atoms with van der Waals surface area (Å²) in [5.74, 6) is -2.68. The Kier molecular flexibility index (Phi) is 8.20. The maximum atomic E-state index is 16.2. The van der Waals surface area contributed by atoms with Gasteiger partial charge in [-0.3, -0.25) is 4.98 Å². The highest BCUT2D eigenvalue weighted by Crippen LogP contribution is 2.42. The van der Waals surface area contributed by atoms with Gasteiger partial charge in [0.1, 0.15) is 11.9 Å². The third kappa shape index (κ3) is 5.78. The first-order valence-electron chi connectivity index (χ1n) is 13.7. The Bertz CT molecular complexity index is 1950. The van der Waals surface area contributed by atoms with Crippen LogP contribution in [0, 0.1) is 5.82 Å². The van der Waals surface area contributed by atoms with Crippen molar-refractivity contribution in [1.29, 1.82) is 0 Å². The van der Waals surface area contributed by atoms with E-state index in [1.165, 1.54) is 43.0 Å². The summed E-state index contributed by atoms with van der Waals surface area (Å²) in [7, 11) is 1.41. The zero-order valence-corrected chi connectivity index (χ0v) is 24.8. The molecule has 0 aliphatic carbocycles. The van der Waals surface area contributed by atoms with E-state index in [-0.39, 0.29) is 57.1 Å². The molecule has 13 nitrogen and oxygen atoms in total. The minimum atomic E-state index is -4.80. The van der Waals surface area contributed by atoms with E-state index < -0.39 is 35.6 Å². The van der Waals surface area contributed by atoms with Crippen LogP contribution >= 0.6 is 11.3 Å². The Morgan fingerprint density at radius 3 is 2.74 bits per heavy atom. The van der Waals surface area contributed by atoms with Crippen LogP contribution in [0.5, 0.6) is 11.5 Å². The number of carbonyl (C=O) groups excluding carboxylic acids is 1. The number of halogens is 4. The lowest BCUT2D eigenvalue weighted by Crippen LogP contribution is -2.19. The molecule has 5 aromatic rings. The Morgan fingerprint density at radius 2 is 2.04 bits per heavy atom. The van der Waals surface area contributed by atoms with Gasteiger partial charge in [-0.25, -0.2) is 19.0 Å². The number of aromatic nitrogens is 6. The van der Waals surface area contributed by atoms with Gasteiger partial charge in [-0.15, -0.1) is 16.4 Å². The lowest BCUT2D eigenvalue weighted by Gasteiger charge is -2.25. The number of nitrogens with one attached hydrogen (secondary N) is 2. The monoisotopic (exact) mass is 661 g/mol. The topological polar surface area (TPSA) is 159 Å². The third-order valence-electron chi connectivity index (χ3n) is 6.89. The second-order valence-corrected chi connectivity index (χ2v) is 10.6. The molecular formula is C28H23F4N7O6S. The molecule has 0 fully saturated rings. The number of rotatable bonds is 9. The number of aromatic amines is 1. The molecule has 1 aliphatic heterocycles. The number of anilines is 1. The minimum Gasteiger partial charge on any atom is -0.493 e. The molecule has 0 amide bonds. The van der Waals surface area contributed by atoms with Gasteiger partial charge in [0.05, 0.1) is 25.8 Å². The smallest absolute Gasteiger partial charge is 0.471 e. The Balaban J connectivity index is 1.42. The van der Waals surface area contributed by atoms with Gasteiger partial charge < -0.3 is 24.1 Å². The van der Waals surface area contributed by atoms with Crippen molar-refractivity contribution in [3.63, 3.8) is 0 Å². The molecule has 4 heterocycles. The molecule has 3 aromatic heterocycles. The van der Waals surface area contributed by atoms with Gasteiger partial charge in [0, 0.05) is 22.4 Å². The van der Waals surface area contributed by atoms with Crippen LogP contribution in [-0.2, 0) is 17.3 Å². The molecule has 1 unspecified atom stereocenters. The van der Waals surface area contributed by atoms with Gasteiger partial charge in [0.15, 0.2) is 28.0 Å². The van der Waals surface area contributed by atoms with Crippen molar-refractivity contribution in [3.05, 3.63) is 79.9 Å². The van der Waals surface area contributed by atoms with E-state index in [1.54, 1.807) is 6.92 Å². The molecule has 2 aromatic carbocycles. The first kappa shape index (κ1) is 30.8. The summed E-state index contributed by atoms with van der Waals surface area (Å²) in [5.41, 5.74) is 1.49. The van der Waals surface area contributed by atoms with Crippen LogP contribution < -0.4 is 20.5 Å². The summed E-state index contributed by atoms with van der Waals surface area (Å²) < 4.78 is 76.5. The molecule has 0 saturated heterocycles. The number of hydrogen-bond donors (Lipinski definition) is 2. The quantitative estimate of drug-likeness (QED) is 0.163. The molecule has 1 aliphatic rings. The highest BCUT2D eigenvalue weighted by atomic mass is 32.1. The van der Waals surface area contributed by atoms with Crippen molar-refractivity contribution in [2.45, 2.75) is 32.0 Å². The van der Waals surface area contributed by atoms with Gasteiger partial charge in [0.2, 0.25) is 5.82 Å². The second kappa shape index (κ2) is 12.3. The summed E-state index contributed by atoms with van der Waals surface area (Å²) in [6.45, 7) is 2.12. The van der Waals surface area contributed by atoms with Crippen LogP contribution in [0.15, 0.2) is 45.2 Å². The average molecular weight is 662 g/mol. The molecule has 240 valence electrons. The maximum Gasteiger partial charge on any atom is 0.471 e. The fourth-order valence-electron chi connectivity index (χ4n) is 4.83. The Labute approximate surface area is 260 Å². The van der Waals surface area contributed by atoms with Crippen LogP contribution in [0.25, 0.3) is 17.2 Å². The fourth-order valence-corrected chi connectivity index (χ4v) is 5.49. The number of carbonyl (C=O) groups is 1. The number of nitrogens with zero attached hydrogens (tertiary/aromatic N) is 5. The number of fused-ring (bicyclic) bond motifs is 1. The molecular weight excluding hydrogens is 638 g/mol. The zero-order chi connectivity index (χ0) is 32.6. The summed E-state index contributed by atoms with van der Waals surface area (Å²) in [6, 6.07) is 6.13. The third-order valence-corrected chi connectivity index (χ3v) is 7.69. The predicted molar refractivity (Wildman–Crippen MR) is 153 cm³/mol. The van der Waals surface area contributed by atoms with E-state index in [2.05, 4.69) is 35.0 Å². The number of thiazole rings is 1.